The third-order valence-corrected chi connectivity index (χ3v) is 7.21. The normalized spacial score (nSPS) is 13.9. The summed E-state index contributed by atoms with van der Waals surface area (Å²) in [6.45, 7) is 5.11. The van der Waals surface area contributed by atoms with E-state index in [0.717, 1.165) is 4.90 Å². The number of likely N-dealkylation sites (N-methyl/N-ethyl adjacent to an activating group) is 1. The fourth-order valence-corrected chi connectivity index (χ4v) is 4.97. The molecule has 43 heavy (non-hydrogen) atoms. The van der Waals surface area contributed by atoms with E-state index in [1.165, 1.54) is 34.4 Å². The van der Waals surface area contributed by atoms with Gasteiger partial charge >= 0.3 is 6.09 Å². The molecular weight excluding hydrogens is 554 g/mol. The van der Waals surface area contributed by atoms with Crippen LogP contribution in [0.3, 0.4) is 0 Å². The fraction of sp³-hybridized carbons (Fsp3) is 0.469. The molecule has 0 saturated heterocycles. The van der Waals surface area contributed by atoms with Gasteiger partial charge in [0.25, 0.3) is 11.8 Å². The summed E-state index contributed by atoms with van der Waals surface area (Å²) in [4.78, 5) is 38.7. The van der Waals surface area contributed by atoms with Gasteiger partial charge in [0.2, 0.25) is 0 Å². The zero-order valence-corrected chi connectivity index (χ0v) is 24.7. The summed E-state index contributed by atoms with van der Waals surface area (Å²) in [7, 11) is 1.85. The molecule has 0 unspecified atom stereocenters. The first-order valence-corrected chi connectivity index (χ1v) is 14.7. The number of nitrogens with one attached hydrogen (secondary N) is 1. The van der Waals surface area contributed by atoms with Gasteiger partial charge in [-0.15, -0.1) is 0 Å². The lowest BCUT2D eigenvalue weighted by atomic mass is 9.98. The molecule has 2 aromatic rings. The van der Waals surface area contributed by atoms with Crippen molar-refractivity contribution in [3.63, 3.8) is 0 Å². The van der Waals surface area contributed by atoms with Gasteiger partial charge in [0.05, 0.1) is 59.4 Å². The lowest BCUT2D eigenvalue weighted by Crippen LogP contribution is -2.39. The minimum Gasteiger partial charge on any atom is -0.448 e. The summed E-state index contributed by atoms with van der Waals surface area (Å²) < 4.78 is 27.9. The van der Waals surface area contributed by atoms with E-state index in [9.17, 15) is 14.4 Å². The van der Waals surface area contributed by atoms with Crippen molar-refractivity contribution >= 4 is 17.9 Å². The van der Waals surface area contributed by atoms with Crippen LogP contribution in [0.4, 0.5) is 4.79 Å². The SMILES string of the molecule is CNCCN(CCOCCOCCOCCOCCN1C(=O)C=CC1=O)C(=O)OCC1c2ccccc2-c2ccccc21. The molecule has 0 atom stereocenters. The van der Waals surface area contributed by atoms with Crippen LogP contribution in [0, 0.1) is 0 Å². The van der Waals surface area contributed by atoms with E-state index >= 15 is 0 Å². The molecule has 232 valence electrons. The van der Waals surface area contributed by atoms with Crippen molar-refractivity contribution < 1.29 is 38.1 Å². The average Bonchev–Trinajstić information content (AvgIpc) is 3.52. The van der Waals surface area contributed by atoms with Gasteiger partial charge < -0.3 is 33.9 Å². The molecule has 1 N–H and O–H groups in total. The molecule has 0 saturated carbocycles. The van der Waals surface area contributed by atoms with E-state index < -0.39 is 0 Å². The molecule has 11 nitrogen and oxygen atoms in total. The van der Waals surface area contributed by atoms with E-state index in [1.807, 2.05) is 31.3 Å². The molecular formula is C32H41N3O8. The van der Waals surface area contributed by atoms with E-state index in [4.69, 9.17) is 23.7 Å². The van der Waals surface area contributed by atoms with Crippen LogP contribution < -0.4 is 5.32 Å². The van der Waals surface area contributed by atoms with E-state index in [1.54, 1.807) is 4.90 Å². The van der Waals surface area contributed by atoms with Crippen LogP contribution in [0.2, 0.25) is 0 Å². The number of hydrogen-bond acceptors (Lipinski definition) is 9. The Labute approximate surface area is 252 Å². The Balaban J connectivity index is 1.04. The first-order valence-electron chi connectivity index (χ1n) is 14.7. The van der Waals surface area contributed by atoms with E-state index in [-0.39, 0.29) is 43.6 Å². The number of benzene rings is 2. The van der Waals surface area contributed by atoms with Gasteiger partial charge in [-0.05, 0) is 29.3 Å². The largest absolute Gasteiger partial charge is 0.448 e. The Morgan fingerprint density at radius 3 is 1.81 bits per heavy atom. The minimum absolute atomic E-state index is 0.0175. The standard InChI is InChI=1S/C32H41N3O8/c1-33-12-13-34(32(38)43-24-29-27-8-4-2-6-25(27)26-7-3-5-9-28(26)29)14-16-39-18-20-41-22-23-42-21-19-40-17-15-35-30(36)10-11-31(35)37/h2-11,29,33H,12-24H2,1H3. The number of ether oxygens (including phenoxy) is 5. The second-order valence-electron chi connectivity index (χ2n) is 10.0. The van der Waals surface area contributed by atoms with Gasteiger partial charge in [0.15, 0.2) is 0 Å². The number of amides is 3. The van der Waals surface area contributed by atoms with Crippen molar-refractivity contribution in [1.29, 1.82) is 0 Å². The third kappa shape index (κ3) is 9.44. The number of hydrogen-bond donors (Lipinski definition) is 1. The molecule has 1 aliphatic heterocycles. The van der Waals surface area contributed by atoms with Gasteiger partial charge in [-0.3, -0.25) is 14.5 Å². The van der Waals surface area contributed by atoms with Crippen molar-refractivity contribution in [1.82, 2.24) is 15.1 Å². The molecule has 0 radical (unpaired) electrons. The second kappa shape index (κ2) is 17.5. The smallest absolute Gasteiger partial charge is 0.409 e. The maximum atomic E-state index is 13.0. The molecule has 0 aromatic heterocycles. The number of carbonyl (C=O) groups excluding carboxylic acids is 3. The number of imide groups is 1. The van der Waals surface area contributed by atoms with Crippen LogP contribution in [0.15, 0.2) is 60.7 Å². The Hall–Kier alpha value is -3.61. The summed E-state index contributed by atoms with van der Waals surface area (Å²) >= 11 is 0. The van der Waals surface area contributed by atoms with Crippen molar-refractivity contribution in [2.45, 2.75) is 5.92 Å². The minimum atomic E-state index is -0.354. The summed E-state index contributed by atoms with van der Waals surface area (Å²) in [5.41, 5.74) is 4.76. The zero-order chi connectivity index (χ0) is 30.3. The molecule has 1 aliphatic carbocycles. The molecule has 11 heteroatoms. The topological polar surface area (TPSA) is 116 Å². The third-order valence-electron chi connectivity index (χ3n) is 7.21. The Bertz CT molecular complexity index is 1170. The van der Waals surface area contributed by atoms with Gasteiger partial charge in [-0.25, -0.2) is 4.79 Å². The maximum absolute atomic E-state index is 13.0. The van der Waals surface area contributed by atoms with Crippen LogP contribution in [-0.4, -0.2) is 120 Å². The second-order valence-corrected chi connectivity index (χ2v) is 10.0. The van der Waals surface area contributed by atoms with Crippen molar-refractivity contribution in [2.75, 3.05) is 92.7 Å². The number of carbonyl (C=O) groups is 3. The van der Waals surface area contributed by atoms with Crippen molar-refractivity contribution in [3.8, 4) is 11.1 Å². The molecule has 4 rings (SSSR count). The van der Waals surface area contributed by atoms with Gasteiger partial charge in [0, 0.05) is 37.7 Å². The quantitative estimate of drug-likeness (QED) is 0.182. The fourth-order valence-electron chi connectivity index (χ4n) is 4.97. The lowest BCUT2D eigenvalue weighted by molar-refractivity contribution is -0.137. The van der Waals surface area contributed by atoms with Crippen LogP contribution in [0.1, 0.15) is 17.0 Å². The number of nitrogens with zero attached hydrogens (tertiary/aromatic N) is 2. The zero-order valence-electron chi connectivity index (χ0n) is 24.7. The first-order chi connectivity index (χ1) is 21.1. The van der Waals surface area contributed by atoms with E-state index in [0.29, 0.717) is 65.9 Å². The molecule has 2 aliphatic rings. The summed E-state index contributed by atoms with van der Waals surface area (Å²) in [5.74, 6) is -0.607. The predicted molar refractivity (Wildman–Crippen MR) is 160 cm³/mol. The van der Waals surface area contributed by atoms with Crippen LogP contribution >= 0.6 is 0 Å². The Morgan fingerprint density at radius 2 is 1.26 bits per heavy atom. The van der Waals surface area contributed by atoms with Crippen LogP contribution in [-0.2, 0) is 33.3 Å². The molecule has 1 heterocycles. The maximum Gasteiger partial charge on any atom is 0.409 e. The molecule has 2 aromatic carbocycles. The average molecular weight is 596 g/mol. The Morgan fingerprint density at radius 1 is 0.744 bits per heavy atom. The number of fused-ring (bicyclic) bond motifs is 3. The molecule has 3 amide bonds. The molecule has 0 fully saturated rings. The lowest BCUT2D eigenvalue weighted by Gasteiger charge is -2.23. The van der Waals surface area contributed by atoms with Gasteiger partial charge in [-0.1, -0.05) is 48.5 Å². The number of rotatable bonds is 20. The van der Waals surface area contributed by atoms with Gasteiger partial charge in [-0.2, -0.15) is 0 Å². The summed E-state index contributed by atoms with van der Waals surface area (Å²) in [6, 6.07) is 16.6. The molecule has 0 spiro atoms. The highest BCUT2D eigenvalue weighted by atomic mass is 16.6. The molecule has 0 bridgehead atoms. The highest BCUT2D eigenvalue weighted by Crippen LogP contribution is 2.44. The van der Waals surface area contributed by atoms with Crippen molar-refractivity contribution in [2.24, 2.45) is 0 Å². The first kappa shape index (κ1) is 32.3. The van der Waals surface area contributed by atoms with Crippen molar-refractivity contribution in [3.05, 3.63) is 71.8 Å². The monoisotopic (exact) mass is 595 g/mol. The highest BCUT2D eigenvalue weighted by molar-refractivity contribution is 6.12. The van der Waals surface area contributed by atoms with Crippen LogP contribution in [0.25, 0.3) is 11.1 Å². The Kier molecular flexibility index (Phi) is 13.1. The highest BCUT2D eigenvalue weighted by Gasteiger charge is 2.29. The summed E-state index contributed by atoms with van der Waals surface area (Å²) in [6.07, 6.45) is 2.15. The predicted octanol–water partition coefficient (Wildman–Crippen LogP) is 2.45. The van der Waals surface area contributed by atoms with Gasteiger partial charge in [0.1, 0.15) is 6.61 Å². The summed E-state index contributed by atoms with van der Waals surface area (Å²) in [5, 5.41) is 3.08. The van der Waals surface area contributed by atoms with E-state index in [2.05, 4.69) is 29.6 Å². The van der Waals surface area contributed by atoms with Crippen LogP contribution in [0.5, 0.6) is 0 Å².